The predicted octanol–water partition coefficient (Wildman–Crippen LogP) is 10.4. The first-order valence-electron chi connectivity index (χ1n) is 14.0. The fraction of sp³-hybridized carbons (Fsp3) is 0.562. The molecule has 0 aromatic heterocycles. The number of hydrogen-bond donors (Lipinski definition) is 0. The molecule has 2 aromatic carbocycles. The average molecular weight is 587 g/mol. The standard InChI is InChI=1S/C32H50O2S2Si2/c1-31(2,3)37(7,8)33-26-21-25(23-35-27-17-13-11-14-18-27)29(24-36-28-19-15-12-16-20-28)30(22-26)34-38(9,10)32(4,5)6/h11-20,26,30H,21-24H2,1-10H3/t26-,30+/m1/s1. The van der Waals surface area contributed by atoms with Crippen molar-refractivity contribution < 1.29 is 8.85 Å². The molecule has 0 bridgehead atoms. The van der Waals surface area contributed by atoms with Gasteiger partial charge in [-0.25, -0.2) is 0 Å². The molecule has 2 atom stereocenters. The van der Waals surface area contributed by atoms with E-state index >= 15 is 0 Å². The number of thioether (sulfide) groups is 2. The highest BCUT2D eigenvalue weighted by Gasteiger charge is 2.44. The highest BCUT2D eigenvalue weighted by atomic mass is 32.2. The van der Waals surface area contributed by atoms with E-state index < -0.39 is 16.6 Å². The van der Waals surface area contributed by atoms with Gasteiger partial charge in [-0.1, -0.05) is 83.5 Å². The van der Waals surface area contributed by atoms with Crippen LogP contribution in [-0.4, -0.2) is 40.3 Å². The molecule has 1 aliphatic carbocycles. The van der Waals surface area contributed by atoms with Crippen molar-refractivity contribution in [1.82, 2.24) is 0 Å². The largest absolute Gasteiger partial charge is 0.414 e. The van der Waals surface area contributed by atoms with E-state index in [2.05, 4.69) is 128 Å². The Bertz CT molecular complexity index is 1050. The van der Waals surface area contributed by atoms with Crippen LogP contribution in [0.2, 0.25) is 36.3 Å². The summed E-state index contributed by atoms with van der Waals surface area (Å²) in [6.07, 6.45) is 2.29. The van der Waals surface area contributed by atoms with Gasteiger partial charge in [0.2, 0.25) is 0 Å². The van der Waals surface area contributed by atoms with Crippen LogP contribution >= 0.6 is 23.5 Å². The van der Waals surface area contributed by atoms with Crippen molar-refractivity contribution in [2.75, 3.05) is 11.5 Å². The van der Waals surface area contributed by atoms with E-state index in [0.29, 0.717) is 0 Å². The molecule has 1 aliphatic rings. The first-order valence-corrected chi connectivity index (χ1v) is 21.8. The van der Waals surface area contributed by atoms with Crippen molar-refractivity contribution in [1.29, 1.82) is 0 Å². The highest BCUT2D eigenvalue weighted by molar-refractivity contribution is 7.99. The smallest absolute Gasteiger partial charge is 0.192 e. The van der Waals surface area contributed by atoms with Gasteiger partial charge in [-0.05, 0) is 72.5 Å². The molecular weight excluding hydrogens is 537 g/mol. The molecule has 0 aliphatic heterocycles. The van der Waals surface area contributed by atoms with Gasteiger partial charge < -0.3 is 8.85 Å². The second-order valence-corrected chi connectivity index (χ2v) is 25.2. The molecule has 0 fully saturated rings. The monoisotopic (exact) mass is 586 g/mol. The Balaban J connectivity index is 1.98. The molecule has 0 amide bonds. The van der Waals surface area contributed by atoms with Gasteiger partial charge in [0.15, 0.2) is 16.6 Å². The molecule has 0 spiro atoms. The van der Waals surface area contributed by atoms with Crippen molar-refractivity contribution in [2.45, 2.75) is 113 Å². The summed E-state index contributed by atoms with van der Waals surface area (Å²) in [6, 6.07) is 21.6. The summed E-state index contributed by atoms with van der Waals surface area (Å²) in [6.45, 7) is 23.6. The summed E-state index contributed by atoms with van der Waals surface area (Å²) in [5.41, 5.74) is 3.03. The van der Waals surface area contributed by atoms with Gasteiger partial charge >= 0.3 is 0 Å². The van der Waals surface area contributed by atoms with Gasteiger partial charge in [0.25, 0.3) is 0 Å². The second-order valence-electron chi connectivity index (χ2n) is 13.6. The van der Waals surface area contributed by atoms with E-state index in [-0.39, 0.29) is 22.3 Å². The Kier molecular flexibility index (Phi) is 10.7. The molecule has 0 N–H and O–H groups in total. The summed E-state index contributed by atoms with van der Waals surface area (Å²) in [4.78, 5) is 2.64. The average Bonchev–Trinajstić information content (AvgIpc) is 2.81. The Morgan fingerprint density at radius 3 is 1.61 bits per heavy atom. The van der Waals surface area contributed by atoms with Crippen LogP contribution in [0.1, 0.15) is 54.4 Å². The van der Waals surface area contributed by atoms with E-state index in [0.717, 1.165) is 24.3 Å². The molecule has 2 nitrogen and oxygen atoms in total. The maximum Gasteiger partial charge on any atom is 0.192 e. The highest BCUT2D eigenvalue weighted by Crippen LogP contribution is 2.44. The van der Waals surface area contributed by atoms with Crippen LogP contribution in [0.5, 0.6) is 0 Å². The second kappa shape index (κ2) is 12.8. The van der Waals surface area contributed by atoms with E-state index in [1.54, 1.807) is 0 Å². The van der Waals surface area contributed by atoms with Gasteiger partial charge in [0.1, 0.15) is 0 Å². The van der Waals surface area contributed by atoms with Gasteiger partial charge in [-0.15, -0.1) is 23.5 Å². The molecule has 0 unspecified atom stereocenters. The fourth-order valence-electron chi connectivity index (χ4n) is 4.14. The number of hydrogen-bond acceptors (Lipinski definition) is 4. The van der Waals surface area contributed by atoms with Crippen LogP contribution in [0.4, 0.5) is 0 Å². The molecule has 3 rings (SSSR count). The van der Waals surface area contributed by atoms with Crippen LogP contribution in [0, 0.1) is 0 Å². The maximum atomic E-state index is 7.25. The SMILES string of the molecule is CC(C)(C)[Si](C)(C)O[C@@H]1CC(CSc2ccccc2)=C(CSc2ccccc2)[C@@H](O[Si](C)(C)C(C)(C)C)C1. The zero-order valence-corrected chi connectivity index (χ0v) is 29.0. The Morgan fingerprint density at radius 2 is 1.13 bits per heavy atom. The maximum absolute atomic E-state index is 7.25. The zero-order chi connectivity index (χ0) is 28.2. The minimum Gasteiger partial charge on any atom is -0.414 e. The minimum atomic E-state index is -1.98. The first kappa shape index (κ1) is 31.8. The Labute approximate surface area is 244 Å². The third-order valence-electron chi connectivity index (χ3n) is 8.60. The summed E-state index contributed by atoms with van der Waals surface area (Å²) in [7, 11) is -3.88. The topological polar surface area (TPSA) is 18.5 Å². The van der Waals surface area contributed by atoms with Gasteiger partial charge in [-0.2, -0.15) is 0 Å². The van der Waals surface area contributed by atoms with E-state index in [9.17, 15) is 0 Å². The molecule has 38 heavy (non-hydrogen) atoms. The van der Waals surface area contributed by atoms with Crippen LogP contribution in [0.3, 0.4) is 0 Å². The summed E-state index contributed by atoms with van der Waals surface area (Å²) >= 11 is 3.89. The van der Waals surface area contributed by atoms with E-state index in [1.165, 1.54) is 20.9 Å². The lowest BCUT2D eigenvalue weighted by molar-refractivity contribution is 0.0980. The van der Waals surface area contributed by atoms with Crippen LogP contribution in [0.15, 0.2) is 81.6 Å². The van der Waals surface area contributed by atoms with Crippen molar-refractivity contribution >= 4 is 40.2 Å². The van der Waals surface area contributed by atoms with Crippen molar-refractivity contribution in [2.24, 2.45) is 0 Å². The molecule has 210 valence electrons. The fourth-order valence-corrected chi connectivity index (χ4v) is 8.87. The predicted molar refractivity (Wildman–Crippen MR) is 175 cm³/mol. The van der Waals surface area contributed by atoms with Crippen molar-refractivity contribution in [3.05, 3.63) is 71.8 Å². The molecule has 0 heterocycles. The molecule has 0 saturated heterocycles. The molecule has 2 aromatic rings. The van der Waals surface area contributed by atoms with Crippen molar-refractivity contribution in [3.8, 4) is 0 Å². The Hall–Kier alpha value is -0.766. The number of rotatable bonds is 10. The third kappa shape index (κ3) is 8.61. The molecule has 6 heteroatoms. The van der Waals surface area contributed by atoms with E-state index in [1.807, 2.05) is 23.5 Å². The first-order chi connectivity index (χ1) is 17.6. The van der Waals surface area contributed by atoms with Gasteiger partial charge in [0.05, 0.1) is 12.2 Å². The molecule has 0 saturated carbocycles. The molecular formula is C32H50O2S2Si2. The lowest BCUT2D eigenvalue weighted by atomic mass is 9.89. The Morgan fingerprint density at radius 1 is 0.684 bits per heavy atom. The van der Waals surface area contributed by atoms with Crippen molar-refractivity contribution in [3.63, 3.8) is 0 Å². The van der Waals surface area contributed by atoms with Crippen LogP contribution in [-0.2, 0) is 8.85 Å². The molecule has 0 radical (unpaired) electrons. The summed E-state index contributed by atoms with van der Waals surface area (Å²) < 4.78 is 14.3. The lowest BCUT2D eigenvalue weighted by Crippen LogP contribution is -2.49. The number of benzene rings is 2. The lowest BCUT2D eigenvalue weighted by Gasteiger charge is -2.45. The van der Waals surface area contributed by atoms with E-state index in [4.69, 9.17) is 8.85 Å². The van der Waals surface area contributed by atoms with Gasteiger partial charge in [0, 0.05) is 27.7 Å². The quantitative estimate of drug-likeness (QED) is 0.156. The summed E-state index contributed by atoms with van der Waals surface area (Å²) in [5, 5.41) is 0.353. The minimum absolute atomic E-state index is 0.113. The zero-order valence-electron chi connectivity index (χ0n) is 25.4. The third-order valence-corrected chi connectivity index (χ3v) is 19.8. The summed E-state index contributed by atoms with van der Waals surface area (Å²) in [5.74, 6) is 1.96. The normalized spacial score (nSPS) is 19.6. The van der Waals surface area contributed by atoms with Crippen LogP contribution in [0.25, 0.3) is 0 Å². The van der Waals surface area contributed by atoms with Crippen LogP contribution < -0.4 is 0 Å². The van der Waals surface area contributed by atoms with Gasteiger partial charge in [-0.3, -0.25) is 0 Å².